The number of alkyl halides is 2. The molecule has 0 bridgehead atoms. The van der Waals surface area contributed by atoms with E-state index in [0.29, 0.717) is 0 Å². The molecule has 2 fully saturated rings. The molecule has 2 rings (SSSR count). The number of hydrogen-bond acceptors (Lipinski definition) is 6. The number of hydrogen-bond donors (Lipinski definition) is 4. The number of aliphatic hydroxyl groups is 3. The highest BCUT2D eigenvalue weighted by Crippen LogP contribution is 2.39. The van der Waals surface area contributed by atoms with Crippen molar-refractivity contribution in [2.75, 3.05) is 6.61 Å². The maximum Gasteiger partial charge on any atom is 0.328 e. The van der Waals surface area contributed by atoms with Crippen molar-refractivity contribution < 1.29 is 38.4 Å². The van der Waals surface area contributed by atoms with Gasteiger partial charge in [-0.2, -0.15) is 8.78 Å². The Kier molecular flexibility index (Phi) is 3.43. The normalized spacial score (nSPS) is 38.5. The smallest absolute Gasteiger partial charge is 0.328 e. The van der Waals surface area contributed by atoms with Crippen LogP contribution in [-0.4, -0.2) is 69.4 Å². The Morgan fingerprint density at radius 2 is 2.05 bits per heavy atom. The van der Waals surface area contributed by atoms with Crippen molar-refractivity contribution in [1.82, 2.24) is 10.2 Å². The summed E-state index contributed by atoms with van der Waals surface area (Å²) >= 11 is 0. The van der Waals surface area contributed by atoms with E-state index >= 15 is 0 Å². The fourth-order valence-corrected chi connectivity index (χ4v) is 2.02. The van der Waals surface area contributed by atoms with Crippen molar-refractivity contribution >= 4 is 11.9 Å². The second-order valence-electron chi connectivity index (χ2n) is 4.27. The highest BCUT2D eigenvalue weighted by atomic mass is 19.3. The molecule has 108 valence electrons. The second-order valence-corrected chi connectivity index (χ2v) is 4.27. The van der Waals surface area contributed by atoms with E-state index in [9.17, 15) is 28.6 Å². The molecule has 2 aliphatic heterocycles. The van der Waals surface area contributed by atoms with Crippen LogP contribution in [-0.2, 0) is 9.53 Å². The van der Waals surface area contributed by atoms with E-state index in [2.05, 4.69) is 0 Å². The molecule has 8 nitrogen and oxygen atoms in total. The third kappa shape index (κ3) is 2.16. The molecule has 0 aromatic carbocycles. The minimum Gasteiger partial charge on any atom is -0.394 e. The molecule has 0 radical (unpaired) electrons. The number of halogens is 2. The Bertz CT molecular complexity index is 406. The van der Waals surface area contributed by atoms with E-state index in [1.165, 1.54) is 0 Å². The van der Waals surface area contributed by atoms with E-state index in [1.807, 2.05) is 0 Å². The molecule has 0 unspecified atom stereocenters. The lowest BCUT2D eigenvalue weighted by Crippen LogP contribution is -2.62. The molecule has 0 aliphatic carbocycles. The van der Waals surface area contributed by atoms with Gasteiger partial charge < -0.3 is 20.1 Å². The molecule has 0 aromatic rings. The summed E-state index contributed by atoms with van der Waals surface area (Å²) in [5.74, 6) is -4.69. The van der Waals surface area contributed by atoms with Gasteiger partial charge in [-0.3, -0.25) is 15.0 Å². The molecule has 0 aromatic heterocycles. The van der Waals surface area contributed by atoms with Gasteiger partial charge in [0.25, 0.3) is 0 Å². The van der Waals surface area contributed by atoms with E-state index in [4.69, 9.17) is 9.84 Å². The highest BCUT2D eigenvalue weighted by Gasteiger charge is 2.62. The molecule has 0 saturated carbocycles. The van der Waals surface area contributed by atoms with Gasteiger partial charge in [-0.25, -0.2) is 4.79 Å². The van der Waals surface area contributed by atoms with Crippen molar-refractivity contribution in [3.05, 3.63) is 0 Å². The van der Waals surface area contributed by atoms with Gasteiger partial charge in [0.2, 0.25) is 12.1 Å². The fourth-order valence-electron chi connectivity index (χ4n) is 2.02. The first-order valence-electron chi connectivity index (χ1n) is 5.41. The van der Waals surface area contributed by atoms with E-state index in [1.54, 1.807) is 5.32 Å². The average molecular weight is 282 g/mol. The minimum atomic E-state index is -3.88. The van der Waals surface area contributed by atoms with Crippen LogP contribution < -0.4 is 5.32 Å². The highest BCUT2D eigenvalue weighted by molar-refractivity contribution is 5.97. The standard InChI is InChI=1S/C9H12F2N2O6/c10-9(11)6(17)3(2-14)19-7(9)13-5(16)1-4(15)12-8(13)18/h3,5-7,14,16-17H,1-2H2,(H,12,15,18)/t3-,5-,6-,7-/m1/s1. The number of nitrogens with one attached hydrogen (secondary N) is 1. The van der Waals surface area contributed by atoms with Crippen LogP contribution >= 0.6 is 0 Å². The number of rotatable bonds is 2. The minimum absolute atomic E-state index is 0.236. The Balaban J connectivity index is 2.26. The molecule has 19 heavy (non-hydrogen) atoms. The third-order valence-electron chi connectivity index (χ3n) is 2.98. The van der Waals surface area contributed by atoms with Crippen LogP contribution in [0.1, 0.15) is 6.42 Å². The summed E-state index contributed by atoms with van der Waals surface area (Å²) in [4.78, 5) is 22.7. The molecule has 4 N–H and O–H groups in total. The lowest BCUT2D eigenvalue weighted by Gasteiger charge is -2.37. The summed E-state index contributed by atoms with van der Waals surface area (Å²) in [5.41, 5.74) is 0. The topological polar surface area (TPSA) is 119 Å². The van der Waals surface area contributed by atoms with Crippen LogP contribution in [0.3, 0.4) is 0 Å². The van der Waals surface area contributed by atoms with Gasteiger partial charge >= 0.3 is 12.0 Å². The summed E-state index contributed by atoms with van der Waals surface area (Å²) in [6.07, 6.45) is -8.54. The second kappa shape index (κ2) is 4.63. The lowest BCUT2D eigenvalue weighted by molar-refractivity contribution is -0.190. The Morgan fingerprint density at radius 1 is 1.42 bits per heavy atom. The maximum absolute atomic E-state index is 13.8. The Labute approximate surface area is 105 Å². The summed E-state index contributed by atoms with van der Waals surface area (Å²) < 4.78 is 32.2. The van der Waals surface area contributed by atoms with Crippen LogP contribution in [0.4, 0.5) is 13.6 Å². The van der Waals surface area contributed by atoms with Crippen LogP contribution in [0, 0.1) is 0 Å². The number of urea groups is 1. The molecule has 10 heteroatoms. The predicted octanol–water partition coefficient (Wildman–Crippen LogP) is -2.04. The fraction of sp³-hybridized carbons (Fsp3) is 0.778. The SMILES string of the molecule is O=C1C[C@@H](O)N([C@@H]2O[C@H](CO)[C@@H](O)C2(F)F)C(=O)N1. The molecule has 2 heterocycles. The van der Waals surface area contributed by atoms with Crippen molar-refractivity contribution in [3.63, 3.8) is 0 Å². The molecule has 3 amide bonds. The Morgan fingerprint density at radius 3 is 2.53 bits per heavy atom. The van der Waals surface area contributed by atoms with Crippen LogP contribution in [0.25, 0.3) is 0 Å². The van der Waals surface area contributed by atoms with E-state index in [0.717, 1.165) is 0 Å². The number of aliphatic hydroxyl groups excluding tert-OH is 3. The number of amides is 3. The number of carbonyl (C=O) groups excluding carboxylic acids is 2. The summed E-state index contributed by atoms with van der Waals surface area (Å²) in [6.45, 7) is -0.877. The molecule has 2 saturated heterocycles. The zero-order chi connectivity index (χ0) is 14.4. The zero-order valence-electron chi connectivity index (χ0n) is 9.49. The first-order chi connectivity index (χ1) is 8.78. The maximum atomic E-state index is 13.8. The summed E-state index contributed by atoms with van der Waals surface area (Å²) in [5, 5.41) is 29.4. The predicted molar refractivity (Wildman–Crippen MR) is 52.7 cm³/mol. The molecular formula is C9H12F2N2O6. The van der Waals surface area contributed by atoms with Gasteiger partial charge in [-0.1, -0.05) is 0 Å². The van der Waals surface area contributed by atoms with Gasteiger partial charge in [0.15, 0.2) is 6.10 Å². The van der Waals surface area contributed by atoms with E-state index < -0.39 is 55.6 Å². The van der Waals surface area contributed by atoms with Crippen LogP contribution in [0.5, 0.6) is 0 Å². The average Bonchev–Trinajstić information content (AvgIpc) is 2.51. The molecule has 0 spiro atoms. The third-order valence-corrected chi connectivity index (χ3v) is 2.98. The van der Waals surface area contributed by atoms with Crippen LogP contribution in [0.2, 0.25) is 0 Å². The summed E-state index contributed by atoms with van der Waals surface area (Å²) in [6, 6.07) is -1.25. The van der Waals surface area contributed by atoms with E-state index in [-0.39, 0.29) is 4.90 Å². The lowest BCUT2D eigenvalue weighted by atomic mass is 10.1. The van der Waals surface area contributed by atoms with Gasteiger partial charge in [-0.05, 0) is 0 Å². The largest absolute Gasteiger partial charge is 0.394 e. The van der Waals surface area contributed by atoms with Crippen LogP contribution in [0.15, 0.2) is 0 Å². The molecule has 2 aliphatic rings. The number of carbonyl (C=O) groups is 2. The van der Waals surface area contributed by atoms with Crippen molar-refractivity contribution in [2.45, 2.75) is 37.0 Å². The summed E-state index contributed by atoms with van der Waals surface area (Å²) in [7, 11) is 0. The first-order valence-corrected chi connectivity index (χ1v) is 5.41. The van der Waals surface area contributed by atoms with Crippen molar-refractivity contribution in [1.29, 1.82) is 0 Å². The monoisotopic (exact) mass is 282 g/mol. The van der Waals surface area contributed by atoms with Gasteiger partial charge in [0.1, 0.15) is 12.3 Å². The van der Waals surface area contributed by atoms with Crippen molar-refractivity contribution in [3.8, 4) is 0 Å². The van der Waals surface area contributed by atoms with Gasteiger partial charge in [0.05, 0.1) is 13.0 Å². The number of nitrogens with zero attached hydrogens (tertiary/aromatic N) is 1. The first kappa shape index (κ1) is 14.1. The molecule has 4 atom stereocenters. The zero-order valence-corrected chi connectivity index (χ0v) is 9.49. The Hall–Kier alpha value is -1.36. The number of ether oxygens (including phenoxy) is 1. The molecular weight excluding hydrogens is 270 g/mol. The van der Waals surface area contributed by atoms with Gasteiger partial charge in [-0.15, -0.1) is 0 Å². The quantitative estimate of drug-likeness (QED) is 0.463. The number of imide groups is 1. The van der Waals surface area contributed by atoms with Crippen molar-refractivity contribution in [2.24, 2.45) is 0 Å². The van der Waals surface area contributed by atoms with Gasteiger partial charge in [0, 0.05) is 0 Å².